The van der Waals surface area contributed by atoms with Crippen LogP contribution in [0.1, 0.15) is 31.9 Å². The van der Waals surface area contributed by atoms with Crippen molar-refractivity contribution in [2.45, 2.75) is 45.3 Å². The van der Waals surface area contributed by atoms with Crippen LogP contribution >= 0.6 is 15.9 Å². The maximum absolute atomic E-state index is 14.0. The van der Waals surface area contributed by atoms with Gasteiger partial charge in [0.1, 0.15) is 18.4 Å². The van der Waals surface area contributed by atoms with E-state index in [1.165, 1.54) is 17.0 Å². The molecule has 3 rings (SSSR count). The van der Waals surface area contributed by atoms with Gasteiger partial charge in [-0.3, -0.25) is 13.9 Å². The molecule has 1 N–H and O–H groups in total. The minimum absolute atomic E-state index is 0.0716. The zero-order chi connectivity index (χ0) is 28.8. The number of sulfonamides is 1. The second-order valence-electron chi connectivity index (χ2n) is 10.3. The lowest BCUT2D eigenvalue weighted by Gasteiger charge is -2.35. The van der Waals surface area contributed by atoms with Gasteiger partial charge in [-0.2, -0.15) is 0 Å². The van der Waals surface area contributed by atoms with Gasteiger partial charge in [0.05, 0.1) is 11.9 Å². The first-order chi connectivity index (χ1) is 18.2. The first-order valence-corrected chi connectivity index (χ1v) is 15.0. The smallest absolute Gasteiger partial charge is 0.244 e. The van der Waals surface area contributed by atoms with Crippen molar-refractivity contribution >= 4 is 43.5 Å². The van der Waals surface area contributed by atoms with Gasteiger partial charge in [-0.25, -0.2) is 12.8 Å². The quantitative estimate of drug-likeness (QED) is 0.350. The van der Waals surface area contributed by atoms with Crippen LogP contribution in [0.15, 0.2) is 83.3 Å². The lowest BCUT2D eigenvalue weighted by atomic mass is 10.0. The molecular weight excluding hydrogens is 585 g/mol. The summed E-state index contributed by atoms with van der Waals surface area (Å²) in [5.74, 6) is -1.46. The van der Waals surface area contributed by atoms with Gasteiger partial charge in [0.25, 0.3) is 0 Å². The zero-order valence-corrected chi connectivity index (χ0v) is 24.8. The molecule has 0 aliphatic carbocycles. The number of benzene rings is 3. The minimum Gasteiger partial charge on any atom is -0.350 e. The highest BCUT2D eigenvalue weighted by atomic mass is 79.9. The molecule has 0 spiro atoms. The average Bonchev–Trinajstić information content (AvgIpc) is 2.85. The maximum atomic E-state index is 14.0. The first kappa shape index (κ1) is 30.3. The van der Waals surface area contributed by atoms with Crippen molar-refractivity contribution in [1.29, 1.82) is 0 Å². The van der Waals surface area contributed by atoms with E-state index >= 15 is 0 Å². The van der Waals surface area contributed by atoms with Crippen molar-refractivity contribution in [3.63, 3.8) is 0 Å². The summed E-state index contributed by atoms with van der Waals surface area (Å²) in [7, 11) is -3.91. The Bertz CT molecular complexity index is 1380. The molecule has 0 heterocycles. The number of carbonyl (C=O) groups excluding carboxylic acids is 2. The Labute approximate surface area is 238 Å². The number of hydrogen-bond donors (Lipinski definition) is 1. The van der Waals surface area contributed by atoms with E-state index in [0.717, 1.165) is 38.3 Å². The van der Waals surface area contributed by atoms with Gasteiger partial charge < -0.3 is 10.2 Å². The molecule has 7 nitrogen and oxygen atoms in total. The summed E-state index contributed by atoms with van der Waals surface area (Å²) in [6.07, 6.45) is 1.21. The third-order valence-corrected chi connectivity index (χ3v) is 7.50. The van der Waals surface area contributed by atoms with E-state index in [-0.39, 0.29) is 24.6 Å². The highest BCUT2D eigenvalue weighted by Crippen LogP contribution is 2.22. The summed E-state index contributed by atoms with van der Waals surface area (Å²) in [6, 6.07) is 20.6. The first-order valence-electron chi connectivity index (χ1n) is 12.4. The number of halogens is 2. The summed E-state index contributed by atoms with van der Waals surface area (Å²) in [5.41, 5.74) is 1.19. The fourth-order valence-corrected chi connectivity index (χ4v) is 5.13. The predicted molar refractivity (Wildman–Crippen MR) is 155 cm³/mol. The number of hydrogen-bond acceptors (Lipinski definition) is 4. The van der Waals surface area contributed by atoms with E-state index in [1.54, 1.807) is 0 Å². The average molecular weight is 619 g/mol. The fourth-order valence-electron chi connectivity index (χ4n) is 4.01. The van der Waals surface area contributed by atoms with Crippen LogP contribution in [-0.2, 0) is 32.6 Å². The number of nitrogens with zero attached hydrogens (tertiary/aromatic N) is 2. The number of amides is 2. The van der Waals surface area contributed by atoms with Crippen molar-refractivity contribution in [2.24, 2.45) is 0 Å². The van der Waals surface area contributed by atoms with Gasteiger partial charge in [-0.15, -0.1) is 0 Å². The second kappa shape index (κ2) is 12.7. The normalized spacial score (nSPS) is 12.5. The summed E-state index contributed by atoms with van der Waals surface area (Å²) < 4.78 is 40.8. The molecule has 0 radical (unpaired) electrons. The Balaban J connectivity index is 2.06. The molecule has 0 aliphatic rings. The van der Waals surface area contributed by atoms with E-state index in [1.807, 2.05) is 75.4 Å². The van der Waals surface area contributed by atoms with E-state index < -0.39 is 39.9 Å². The molecule has 2 amide bonds. The Kier molecular flexibility index (Phi) is 9.90. The molecule has 1 atom stereocenters. The molecule has 208 valence electrons. The molecule has 0 fully saturated rings. The van der Waals surface area contributed by atoms with Gasteiger partial charge >= 0.3 is 0 Å². The number of carbonyl (C=O) groups is 2. The van der Waals surface area contributed by atoms with Gasteiger partial charge in [0.2, 0.25) is 21.8 Å². The molecular formula is C29H33BrFN3O4S. The van der Waals surface area contributed by atoms with Gasteiger partial charge in [0, 0.05) is 23.0 Å². The molecule has 0 saturated heterocycles. The Morgan fingerprint density at radius 1 is 0.923 bits per heavy atom. The summed E-state index contributed by atoms with van der Waals surface area (Å²) in [6.45, 7) is 5.07. The molecule has 3 aromatic carbocycles. The molecule has 3 aromatic rings. The molecule has 39 heavy (non-hydrogen) atoms. The van der Waals surface area contributed by atoms with Crippen LogP contribution < -0.4 is 9.62 Å². The van der Waals surface area contributed by atoms with Crippen molar-refractivity contribution in [3.05, 3.63) is 100 Å². The lowest BCUT2D eigenvalue weighted by Crippen LogP contribution is -2.56. The fraction of sp³-hybridized carbons (Fsp3) is 0.310. The molecule has 0 bridgehead atoms. The lowest BCUT2D eigenvalue weighted by molar-refractivity contribution is -0.140. The largest absolute Gasteiger partial charge is 0.350 e. The van der Waals surface area contributed by atoms with Crippen LogP contribution in [0.2, 0.25) is 0 Å². The highest BCUT2D eigenvalue weighted by molar-refractivity contribution is 9.10. The second-order valence-corrected chi connectivity index (χ2v) is 13.2. The number of anilines is 1. The SMILES string of the molecule is CC(C)(C)NC(=O)[C@H](Cc1ccccc1)N(Cc1ccc(Br)cc1)C(=O)CN(c1ccc(F)cc1)S(C)(=O)=O. The van der Waals surface area contributed by atoms with E-state index in [9.17, 15) is 22.4 Å². The zero-order valence-electron chi connectivity index (χ0n) is 22.4. The number of rotatable bonds is 10. The standard InChI is InChI=1S/C29H33BrFN3O4S/c1-29(2,3)32-28(36)26(18-21-8-6-5-7-9-21)33(19-22-10-12-23(30)13-11-22)27(35)20-34(39(4,37)38)25-16-14-24(31)15-17-25/h5-17,26H,18-20H2,1-4H3,(H,32,36)/t26-/m0/s1. The van der Waals surface area contributed by atoms with Crippen LogP contribution in [0, 0.1) is 5.82 Å². The van der Waals surface area contributed by atoms with Crippen LogP contribution in [0.4, 0.5) is 10.1 Å². The van der Waals surface area contributed by atoms with Crippen LogP contribution in [0.25, 0.3) is 0 Å². The molecule has 0 saturated carbocycles. The topological polar surface area (TPSA) is 86.8 Å². The van der Waals surface area contributed by atoms with Gasteiger partial charge in [0.15, 0.2) is 0 Å². The monoisotopic (exact) mass is 617 g/mol. The van der Waals surface area contributed by atoms with E-state index in [4.69, 9.17) is 0 Å². The Hall–Kier alpha value is -3.24. The van der Waals surface area contributed by atoms with E-state index in [2.05, 4.69) is 21.2 Å². The molecule has 0 unspecified atom stereocenters. The summed E-state index contributed by atoms with van der Waals surface area (Å²) in [5, 5.41) is 2.98. The Morgan fingerprint density at radius 2 is 1.51 bits per heavy atom. The number of nitrogens with one attached hydrogen (secondary N) is 1. The van der Waals surface area contributed by atoms with Crippen molar-refractivity contribution in [1.82, 2.24) is 10.2 Å². The molecule has 0 aliphatic heterocycles. The van der Waals surface area contributed by atoms with E-state index in [0.29, 0.717) is 0 Å². The molecule has 0 aromatic heterocycles. The van der Waals surface area contributed by atoms with Crippen LogP contribution in [0.3, 0.4) is 0 Å². The van der Waals surface area contributed by atoms with Gasteiger partial charge in [-0.05, 0) is 68.3 Å². The van der Waals surface area contributed by atoms with Gasteiger partial charge in [-0.1, -0.05) is 58.4 Å². The maximum Gasteiger partial charge on any atom is 0.244 e. The molecule has 10 heteroatoms. The minimum atomic E-state index is -3.91. The highest BCUT2D eigenvalue weighted by Gasteiger charge is 2.34. The summed E-state index contributed by atoms with van der Waals surface area (Å²) >= 11 is 3.41. The van der Waals surface area contributed by atoms with Crippen molar-refractivity contribution < 1.29 is 22.4 Å². The summed E-state index contributed by atoms with van der Waals surface area (Å²) in [4.78, 5) is 29.0. The van der Waals surface area contributed by atoms with Crippen LogP contribution in [0.5, 0.6) is 0 Å². The Morgan fingerprint density at radius 3 is 2.05 bits per heavy atom. The third kappa shape index (κ3) is 9.18. The van der Waals surface area contributed by atoms with Crippen molar-refractivity contribution in [3.8, 4) is 0 Å². The van der Waals surface area contributed by atoms with Crippen LogP contribution in [-0.4, -0.2) is 49.5 Å². The third-order valence-electron chi connectivity index (χ3n) is 5.83. The van der Waals surface area contributed by atoms with Crippen molar-refractivity contribution in [2.75, 3.05) is 17.1 Å². The predicted octanol–water partition coefficient (Wildman–Crippen LogP) is 4.91.